The topological polar surface area (TPSA) is 59.6 Å². The fourth-order valence-electron chi connectivity index (χ4n) is 2.71. The predicted molar refractivity (Wildman–Crippen MR) is 99.1 cm³/mol. The zero-order valence-electron chi connectivity index (χ0n) is 13.9. The van der Waals surface area contributed by atoms with Crippen LogP contribution in [0.1, 0.15) is 18.4 Å². The molecule has 2 amide bonds. The van der Waals surface area contributed by atoms with E-state index in [4.69, 9.17) is 32.7 Å². The number of carbonyl (C=O) groups is 1. The van der Waals surface area contributed by atoms with Gasteiger partial charge in [0.15, 0.2) is 11.5 Å². The molecule has 1 aliphatic carbocycles. The summed E-state index contributed by atoms with van der Waals surface area (Å²) in [5.74, 6) is 1.28. The summed E-state index contributed by atoms with van der Waals surface area (Å²) in [5, 5.41) is 6.69. The lowest BCUT2D eigenvalue weighted by Gasteiger charge is -2.20. The van der Waals surface area contributed by atoms with E-state index in [1.165, 1.54) is 0 Å². The van der Waals surface area contributed by atoms with Gasteiger partial charge in [0, 0.05) is 5.02 Å². The van der Waals surface area contributed by atoms with Crippen LogP contribution in [-0.4, -0.2) is 20.3 Å². The molecule has 7 heteroatoms. The number of halogens is 2. The summed E-state index contributed by atoms with van der Waals surface area (Å²) < 4.78 is 10.6. The van der Waals surface area contributed by atoms with Crippen molar-refractivity contribution in [1.82, 2.24) is 5.32 Å². The Morgan fingerprint density at radius 3 is 2.40 bits per heavy atom. The number of ether oxygens (including phenoxy) is 2. The van der Waals surface area contributed by atoms with Crippen molar-refractivity contribution in [2.75, 3.05) is 19.5 Å². The van der Waals surface area contributed by atoms with Crippen LogP contribution in [0, 0.1) is 0 Å². The van der Waals surface area contributed by atoms with Crippen molar-refractivity contribution in [3.8, 4) is 11.5 Å². The number of nitrogens with one attached hydrogen (secondary N) is 2. The predicted octanol–water partition coefficient (Wildman–Crippen LogP) is 4.82. The van der Waals surface area contributed by atoms with Gasteiger partial charge in [-0.1, -0.05) is 29.3 Å². The second-order valence-electron chi connectivity index (χ2n) is 5.86. The van der Waals surface area contributed by atoms with Gasteiger partial charge in [-0.2, -0.15) is 0 Å². The Kier molecular flexibility index (Phi) is 4.97. The van der Waals surface area contributed by atoms with Gasteiger partial charge in [-0.15, -0.1) is 0 Å². The van der Waals surface area contributed by atoms with Crippen LogP contribution >= 0.6 is 23.2 Å². The fourth-order valence-corrected chi connectivity index (χ4v) is 3.05. The molecule has 1 fully saturated rings. The number of anilines is 1. The molecule has 2 aromatic rings. The zero-order valence-corrected chi connectivity index (χ0v) is 15.4. The lowest BCUT2D eigenvalue weighted by molar-refractivity contribution is 0.247. The highest BCUT2D eigenvalue weighted by Crippen LogP contribution is 2.47. The van der Waals surface area contributed by atoms with Crippen LogP contribution in [0.25, 0.3) is 0 Å². The maximum Gasteiger partial charge on any atom is 0.319 e. The van der Waals surface area contributed by atoms with Gasteiger partial charge < -0.3 is 20.1 Å². The first kappa shape index (κ1) is 17.7. The lowest BCUT2D eigenvalue weighted by atomic mass is 10.0. The summed E-state index contributed by atoms with van der Waals surface area (Å²) >= 11 is 12.0. The smallest absolute Gasteiger partial charge is 0.319 e. The average Bonchev–Trinajstić information content (AvgIpc) is 3.38. The van der Waals surface area contributed by atoms with E-state index in [1.807, 2.05) is 18.2 Å². The molecule has 0 atom stereocenters. The molecule has 0 radical (unpaired) electrons. The average molecular weight is 381 g/mol. The van der Waals surface area contributed by atoms with Gasteiger partial charge >= 0.3 is 6.03 Å². The normalized spacial score (nSPS) is 14.6. The molecule has 0 bridgehead atoms. The number of carbonyl (C=O) groups excluding carboxylic acids is 1. The molecule has 3 rings (SSSR count). The van der Waals surface area contributed by atoms with Crippen molar-refractivity contribution >= 4 is 34.9 Å². The van der Waals surface area contributed by atoms with E-state index in [0.717, 1.165) is 18.4 Å². The minimum Gasteiger partial charge on any atom is -0.493 e. The first-order chi connectivity index (χ1) is 12.0. The molecule has 25 heavy (non-hydrogen) atoms. The molecule has 0 saturated heterocycles. The van der Waals surface area contributed by atoms with Crippen LogP contribution in [0.4, 0.5) is 10.5 Å². The SMILES string of the molecule is COc1ccc(C2(NC(=O)Nc3cc(Cl)ccc3Cl)CC2)cc1OC. The number of hydrogen-bond acceptors (Lipinski definition) is 3. The molecule has 1 aliphatic rings. The van der Waals surface area contributed by atoms with E-state index in [1.54, 1.807) is 32.4 Å². The van der Waals surface area contributed by atoms with E-state index in [9.17, 15) is 4.79 Å². The molecule has 0 spiro atoms. The third-order valence-electron chi connectivity index (χ3n) is 4.22. The summed E-state index contributed by atoms with van der Waals surface area (Å²) in [6.07, 6.45) is 1.69. The van der Waals surface area contributed by atoms with Crippen molar-refractivity contribution in [2.24, 2.45) is 0 Å². The molecule has 2 aromatic carbocycles. The van der Waals surface area contributed by atoms with E-state index < -0.39 is 5.54 Å². The number of methoxy groups -OCH3 is 2. The molecule has 5 nitrogen and oxygen atoms in total. The molecular formula is C18H18Cl2N2O3. The molecule has 0 unspecified atom stereocenters. The van der Waals surface area contributed by atoms with Gasteiger partial charge in [-0.05, 0) is 48.7 Å². The van der Waals surface area contributed by atoms with Crippen molar-refractivity contribution < 1.29 is 14.3 Å². The minimum atomic E-state index is -0.408. The quantitative estimate of drug-likeness (QED) is 0.781. The second-order valence-corrected chi connectivity index (χ2v) is 6.70. The molecule has 1 saturated carbocycles. The Hall–Kier alpha value is -2.11. The van der Waals surface area contributed by atoms with Gasteiger partial charge in [0.2, 0.25) is 0 Å². The Labute approximate surface area is 156 Å². The second kappa shape index (κ2) is 7.02. The number of rotatable bonds is 5. The highest BCUT2D eigenvalue weighted by atomic mass is 35.5. The summed E-state index contributed by atoms with van der Waals surface area (Å²) in [7, 11) is 3.17. The maximum atomic E-state index is 12.4. The Morgan fingerprint density at radius 2 is 1.76 bits per heavy atom. The summed E-state index contributed by atoms with van der Waals surface area (Å²) in [6.45, 7) is 0. The van der Waals surface area contributed by atoms with Crippen molar-refractivity contribution in [3.63, 3.8) is 0 Å². The van der Waals surface area contributed by atoms with Crippen molar-refractivity contribution in [2.45, 2.75) is 18.4 Å². The first-order valence-corrected chi connectivity index (χ1v) is 8.50. The molecule has 132 valence electrons. The zero-order chi connectivity index (χ0) is 18.0. The van der Waals surface area contributed by atoms with E-state index in [2.05, 4.69) is 10.6 Å². The van der Waals surface area contributed by atoms with Crippen LogP contribution in [-0.2, 0) is 5.54 Å². The van der Waals surface area contributed by atoms with Gasteiger partial charge in [-0.3, -0.25) is 0 Å². The van der Waals surface area contributed by atoms with Crippen LogP contribution in [0.15, 0.2) is 36.4 Å². The largest absolute Gasteiger partial charge is 0.493 e. The third kappa shape index (κ3) is 3.78. The lowest BCUT2D eigenvalue weighted by Crippen LogP contribution is -2.38. The number of urea groups is 1. The molecule has 2 N–H and O–H groups in total. The van der Waals surface area contributed by atoms with E-state index >= 15 is 0 Å². The number of amides is 2. The van der Waals surface area contributed by atoms with Crippen molar-refractivity contribution in [1.29, 1.82) is 0 Å². The molecule has 0 aromatic heterocycles. The molecule has 0 aliphatic heterocycles. The third-order valence-corrected chi connectivity index (χ3v) is 4.78. The van der Waals surface area contributed by atoms with E-state index in [-0.39, 0.29) is 6.03 Å². The van der Waals surface area contributed by atoms with Gasteiger partial charge in [-0.25, -0.2) is 4.79 Å². The Bertz CT molecular complexity index is 807. The summed E-state index contributed by atoms with van der Waals surface area (Å²) in [4.78, 5) is 12.4. The highest BCUT2D eigenvalue weighted by molar-refractivity contribution is 6.35. The van der Waals surface area contributed by atoms with Crippen LogP contribution in [0.3, 0.4) is 0 Å². The fraction of sp³-hybridized carbons (Fsp3) is 0.278. The summed E-state index contributed by atoms with van der Waals surface area (Å²) in [6, 6.07) is 10.2. The monoisotopic (exact) mass is 380 g/mol. The van der Waals surface area contributed by atoms with Crippen LogP contribution in [0.2, 0.25) is 10.0 Å². The minimum absolute atomic E-state index is 0.337. The maximum absolute atomic E-state index is 12.4. The van der Waals surface area contributed by atoms with Crippen molar-refractivity contribution in [3.05, 3.63) is 52.0 Å². The summed E-state index contributed by atoms with van der Waals surface area (Å²) in [5.41, 5.74) is 1.03. The highest BCUT2D eigenvalue weighted by Gasteiger charge is 2.46. The Balaban J connectivity index is 1.76. The van der Waals surface area contributed by atoms with Gasteiger partial charge in [0.25, 0.3) is 0 Å². The molecular weight excluding hydrogens is 363 g/mol. The standard InChI is InChI=1S/C18H18Cl2N2O3/c1-24-15-6-3-11(9-16(15)25-2)18(7-8-18)22-17(23)21-14-10-12(19)4-5-13(14)20/h3-6,9-10H,7-8H2,1-2H3,(H2,21,22,23). The van der Waals surface area contributed by atoms with Crippen LogP contribution < -0.4 is 20.1 Å². The Morgan fingerprint density at radius 1 is 1.04 bits per heavy atom. The first-order valence-electron chi connectivity index (χ1n) is 7.74. The van der Waals surface area contributed by atoms with Gasteiger partial charge in [0.05, 0.1) is 30.5 Å². The number of hydrogen-bond donors (Lipinski definition) is 2. The van der Waals surface area contributed by atoms with E-state index in [0.29, 0.717) is 27.2 Å². The van der Waals surface area contributed by atoms with Gasteiger partial charge in [0.1, 0.15) is 0 Å². The molecule has 0 heterocycles. The van der Waals surface area contributed by atoms with Crippen LogP contribution in [0.5, 0.6) is 11.5 Å². The number of benzene rings is 2.